The van der Waals surface area contributed by atoms with Crippen LogP contribution in [-0.2, 0) is 15.9 Å². The number of nitriles is 1. The normalized spacial score (nSPS) is 32.3. The zero-order valence-electron chi connectivity index (χ0n) is 18.6. The van der Waals surface area contributed by atoms with Crippen molar-refractivity contribution >= 4 is 23.1 Å². The van der Waals surface area contributed by atoms with Gasteiger partial charge in [0.15, 0.2) is 5.82 Å². The van der Waals surface area contributed by atoms with E-state index in [9.17, 15) is 14.6 Å². The zero-order chi connectivity index (χ0) is 22.4. The van der Waals surface area contributed by atoms with Gasteiger partial charge in [0.2, 0.25) is 0 Å². The van der Waals surface area contributed by atoms with Crippen molar-refractivity contribution in [3.05, 3.63) is 11.8 Å². The summed E-state index contributed by atoms with van der Waals surface area (Å²) in [6.45, 7) is 6.36. The molecule has 0 saturated heterocycles. The Labute approximate surface area is 186 Å². The van der Waals surface area contributed by atoms with Gasteiger partial charge in [0.25, 0.3) is 0 Å². The van der Waals surface area contributed by atoms with Crippen LogP contribution in [0.2, 0.25) is 0 Å². The van der Waals surface area contributed by atoms with E-state index < -0.39 is 16.8 Å². The number of amides is 1. The standard InChI is InChI=1S/C22H31N5O3S/c1-21(2,3)30-20(28)26-17-14-5-13-6-15(17)9-22(7-13,8-14)12-25-18-16(10-23)11-24-19(27-18)31(4)29/h11,13-15,17H,5-9,12H2,1-4H3,(H,26,28)(H,24,25,27)/t13?,14-,15+,17+,22-,31?. The average molecular weight is 446 g/mol. The molecule has 0 spiro atoms. The Balaban J connectivity index is 1.45. The quantitative estimate of drug-likeness (QED) is 0.527. The Morgan fingerprint density at radius 2 is 2.03 bits per heavy atom. The van der Waals surface area contributed by atoms with Gasteiger partial charge in [0.1, 0.15) is 23.5 Å². The fraction of sp³-hybridized carbons (Fsp3) is 0.727. The zero-order valence-corrected chi connectivity index (χ0v) is 19.4. The number of nitrogens with one attached hydrogen (secondary N) is 2. The lowest BCUT2D eigenvalue weighted by atomic mass is 9.48. The first-order chi connectivity index (χ1) is 14.6. The van der Waals surface area contributed by atoms with Crippen LogP contribution in [0.5, 0.6) is 0 Å². The number of hydrogen-bond donors (Lipinski definition) is 2. The first kappa shape index (κ1) is 22.2. The van der Waals surface area contributed by atoms with Gasteiger partial charge in [-0.15, -0.1) is 0 Å². The smallest absolute Gasteiger partial charge is 0.407 e. The molecule has 5 rings (SSSR count). The Kier molecular flexibility index (Phi) is 5.81. The third kappa shape index (κ3) is 4.75. The first-order valence-electron chi connectivity index (χ1n) is 10.9. The van der Waals surface area contributed by atoms with Gasteiger partial charge in [0, 0.05) is 23.8 Å². The summed E-state index contributed by atoms with van der Waals surface area (Å²) in [5, 5.41) is 16.2. The van der Waals surface area contributed by atoms with E-state index in [2.05, 4.69) is 26.7 Å². The molecular weight excluding hydrogens is 414 g/mol. The van der Waals surface area contributed by atoms with Gasteiger partial charge in [-0.1, -0.05) is 0 Å². The van der Waals surface area contributed by atoms with Crippen LogP contribution in [0.1, 0.15) is 58.4 Å². The molecule has 168 valence electrons. The van der Waals surface area contributed by atoms with E-state index in [-0.39, 0.29) is 22.7 Å². The van der Waals surface area contributed by atoms with Crippen molar-refractivity contribution in [3.8, 4) is 6.07 Å². The molecule has 1 heterocycles. The van der Waals surface area contributed by atoms with Gasteiger partial charge in [0.05, 0.1) is 6.20 Å². The summed E-state index contributed by atoms with van der Waals surface area (Å²) in [5.74, 6) is 2.03. The molecule has 8 nitrogen and oxygen atoms in total. The molecule has 4 aliphatic carbocycles. The highest BCUT2D eigenvalue weighted by atomic mass is 32.2. The number of carbonyl (C=O) groups is 1. The van der Waals surface area contributed by atoms with Crippen molar-refractivity contribution in [1.82, 2.24) is 15.3 Å². The minimum atomic E-state index is -1.31. The van der Waals surface area contributed by atoms with E-state index in [1.54, 1.807) is 0 Å². The molecule has 4 aliphatic rings. The van der Waals surface area contributed by atoms with Gasteiger partial charge in [-0.2, -0.15) is 15.2 Å². The number of ether oxygens (including phenoxy) is 1. The second kappa shape index (κ2) is 8.14. The van der Waals surface area contributed by atoms with Crippen molar-refractivity contribution in [2.24, 2.45) is 23.2 Å². The molecule has 2 N–H and O–H groups in total. The van der Waals surface area contributed by atoms with E-state index in [1.807, 2.05) is 20.8 Å². The SMILES string of the molecule is C[S+]([O-])c1ncc(C#N)c(NC[C@]23CC4C[C@H](C2)[C@H](NC(=O)OC(C)(C)C)[C@@H](C4)C3)n1. The van der Waals surface area contributed by atoms with E-state index >= 15 is 0 Å². The number of aromatic nitrogens is 2. The van der Waals surface area contributed by atoms with Crippen LogP contribution in [-0.4, -0.2) is 45.1 Å². The number of nitrogens with zero attached hydrogens (tertiary/aromatic N) is 3. The molecule has 2 unspecified atom stereocenters. The van der Waals surface area contributed by atoms with Gasteiger partial charge < -0.3 is 19.9 Å². The molecule has 1 aromatic heterocycles. The van der Waals surface area contributed by atoms with E-state index in [0.29, 0.717) is 29.1 Å². The summed E-state index contributed by atoms with van der Waals surface area (Å²) in [6.07, 6.45) is 8.17. The Bertz CT molecular complexity index is 878. The fourth-order valence-electron chi connectivity index (χ4n) is 6.08. The molecule has 6 atom stereocenters. The lowest BCUT2D eigenvalue weighted by molar-refractivity contribution is -0.0703. The third-order valence-corrected chi connectivity index (χ3v) is 7.57. The van der Waals surface area contributed by atoms with Gasteiger partial charge >= 0.3 is 11.2 Å². The minimum Gasteiger partial charge on any atom is -0.609 e. The van der Waals surface area contributed by atoms with Crippen molar-refractivity contribution in [3.63, 3.8) is 0 Å². The number of carbonyl (C=O) groups excluding carboxylic acids is 1. The third-order valence-electron chi connectivity index (χ3n) is 6.86. The summed E-state index contributed by atoms with van der Waals surface area (Å²) in [7, 11) is 0. The molecule has 9 heteroatoms. The molecule has 0 aromatic carbocycles. The van der Waals surface area contributed by atoms with E-state index in [0.717, 1.165) is 38.6 Å². The molecule has 4 saturated carbocycles. The van der Waals surface area contributed by atoms with Crippen molar-refractivity contribution in [2.75, 3.05) is 18.1 Å². The number of rotatable bonds is 5. The van der Waals surface area contributed by atoms with E-state index in [4.69, 9.17) is 4.74 Å². The maximum Gasteiger partial charge on any atom is 0.407 e. The lowest BCUT2D eigenvalue weighted by Crippen LogP contribution is -2.60. The highest BCUT2D eigenvalue weighted by Gasteiger charge is 2.55. The predicted octanol–water partition coefficient (Wildman–Crippen LogP) is 3.22. The highest BCUT2D eigenvalue weighted by molar-refractivity contribution is 7.90. The van der Waals surface area contributed by atoms with Crippen molar-refractivity contribution in [1.29, 1.82) is 5.26 Å². The van der Waals surface area contributed by atoms with E-state index in [1.165, 1.54) is 12.5 Å². The summed E-state index contributed by atoms with van der Waals surface area (Å²) < 4.78 is 17.3. The van der Waals surface area contributed by atoms with Crippen LogP contribution >= 0.6 is 0 Å². The summed E-state index contributed by atoms with van der Waals surface area (Å²) in [6, 6.07) is 2.29. The second-order valence-electron chi connectivity index (χ2n) is 10.5. The number of anilines is 1. The molecule has 1 aromatic rings. The Morgan fingerprint density at radius 3 is 2.61 bits per heavy atom. The summed E-state index contributed by atoms with van der Waals surface area (Å²) >= 11 is -1.31. The Morgan fingerprint density at radius 1 is 1.35 bits per heavy atom. The topological polar surface area (TPSA) is 123 Å². The van der Waals surface area contributed by atoms with Crippen molar-refractivity contribution < 1.29 is 14.1 Å². The molecule has 1 amide bonds. The number of hydrogen-bond acceptors (Lipinski definition) is 7. The van der Waals surface area contributed by atoms with Gasteiger partial charge in [-0.3, -0.25) is 0 Å². The molecule has 31 heavy (non-hydrogen) atoms. The molecule has 0 radical (unpaired) electrons. The maximum atomic E-state index is 12.4. The average Bonchev–Trinajstić information content (AvgIpc) is 2.67. The summed E-state index contributed by atoms with van der Waals surface area (Å²) in [4.78, 5) is 20.7. The molecule has 4 bridgehead atoms. The Hall–Kier alpha value is -2.05. The van der Waals surface area contributed by atoms with Gasteiger partial charge in [-0.25, -0.2) is 4.79 Å². The van der Waals surface area contributed by atoms with Crippen LogP contribution in [0.25, 0.3) is 0 Å². The maximum absolute atomic E-state index is 12.4. The molecule has 4 fully saturated rings. The highest BCUT2D eigenvalue weighted by Crippen LogP contribution is 2.60. The summed E-state index contributed by atoms with van der Waals surface area (Å²) in [5.41, 5.74) is -0.00681. The molecule has 0 aliphatic heterocycles. The van der Waals surface area contributed by atoms with Crippen LogP contribution in [0, 0.1) is 34.5 Å². The largest absolute Gasteiger partial charge is 0.609 e. The van der Waals surface area contributed by atoms with Crippen LogP contribution in [0.15, 0.2) is 11.4 Å². The van der Waals surface area contributed by atoms with Crippen LogP contribution in [0.4, 0.5) is 10.6 Å². The fourth-order valence-corrected chi connectivity index (χ4v) is 6.50. The van der Waals surface area contributed by atoms with Crippen LogP contribution < -0.4 is 10.6 Å². The predicted molar refractivity (Wildman–Crippen MR) is 117 cm³/mol. The van der Waals surface area contributed by atoms with Crippen molar-refractivity contribution in [2.45, 2.75) is 69.7 Å². The molecular formula is C22H31N5O3S. The lowest BCUT2D eigenvalue weighted by Gasteiger charge is -2.60. The monoisotopic (exact) mass is 445 g/mol. The minimum absolute atomic E-state index is 0.131. The second-order valence-corrected chi connectivity index (χ2v) is 11.7. The first-order valence-corrected chi connectivity index (χ1v) is 12.5. The number of alkyl carbamates (subject to hydrolysis) is 1. The van der Waals surface area contributed by atoms with Crippen LogP contribution in [0.3, 0.4) is 0 Å². The van der Waals surface area contributed by atoms with Gasteiger partial charge in [-0.05, 0) is 76.0 Å².